The van der Waals surface area contributed by atoms with Gasteiger partial charge in [0.15, 0.2) is 0 Å². The molecule has 1 unspecified atom stereocenters. The summed E-state index contributed by atoms with van der Waals surface area (Å²) in [5.41, 5.74) is 3.58. The Balaban J connectivity index is 1.20. The lowest BCUT2D eigenvalue weighted by molar-refractivity contribution is -0.124. The van der Waals surface area contributed by atoms with E-state index in [0.29, 0.717) is 32.4 Å². The van der Waals surface area contributed by atoms with Gasteiger partial charge in [0.1, 0.15) is 6.10 Å². The highest BCUT2D eigenvalue weighted by molar-refractivity contribution is 7.10. The first kappa shape index (κ1) is 18.2. The lowest BCUT2D eigenvalue weighted by Crippen LogP contribution is -2.31. The highest BCUT2D eigenvalue weighted by Crippen LogP contribution is 2.33. The molecule has 1 aromatic carbocycles. The van der Waals surface area contributed by atoms with E-state index in [0.717, 1.165) is 25.1 Å². The molecule has 2 aliphatic rings. The van der Waals surface area contributed by atoms with E-state index < -0.39 is 0 Å². The molecule has 2 aliphatic heterocycles. The van der Waals surface area contributed by atoms with E-state index in [1.165, 1.54) is 16.0 Å². The molecule has 142 valence electrons. The van der Waals surface area contributed by atoms with Gasteiger partial charge in [-0.05, 0) is 47.9 Å². The van der Waals surface area contributed by atoms with Gasteiger partial charge in [0, 0.05) is 30.1 Å². The van der Waals surface area contributed by atoms with Gasteiger partial charge in [-0.1, -0.05) is 18.2 Å². The largest absolute Gasteiger partial charge is 0.372 e. The van der Waals surface area contributed by atoms with Crippen LogP contribution in [0.15, 0.2) is 35.7 Å². The Morgan fingerprint density at radius 3 is 3.00 bits per heavy atom. The molecule has 0 bridgehead atoms. The molecule has 2 aromatic rings. The Morgan fingerprint density at radius 1 is 1.19 bits per heavy atom. The van der Waals surface area contributed by atoms with Gasteiger partial charge in [-0.3, -0.25) is 9.59 Å². The number of benzene rings is 1. The number of carbonyl (C=O) groups excluding carboxylic acids is 2. The Kier molecular flexibility index (Phi) is 5.55. The second-order valence-electron chi connectivity index (χ2n) is 7.00. The van der Waals surface area contributed by atoms with Crippen LogP contribution in [0.3, 0.4) is 0 Å². The third-order valence-corrected chi connectivity index (χ3v) is 6.26. The molecule has 0 fully saturated rings. The molecular formula is C21H24N2O3S. The van der Waals surface area contributed by atoms with E-state index in [-0.39, 0.29) is 17.9 Å². The van der Waals surface area contributed by atoms with Gasteiger partial charge < -0.3 is 15.0 Å². The van der Waals surface area contributed by atoms with Crippen molar-refractivity contribution in [3.63, 3.8) is 0 Å². The van der Waals surface area contributed by atoms with Crippen molar-refractivity contribution in [1.29, 1.82) is 0 Å². The van der Waals surface area contributed by atoms with Crippen molar-refractivity contribution in [2.24, 2.45) is 0 Å². The number of carbonyl (C=O) groups is 2. The molecule has 0 radical (unpaired) electrons. The standard InChI is InChI=1S/C21H24N2O3S/c24-19(14-18-21-16(8-12-26-18)9-13-27-21)22-10-3-6-20(25)23-11-7-15-4-1-2-5-17(15)23/h1-2,4-5,9,13,18H,3,6-8,10-12,14H2,(H,22,24). The van der Waals surface area contributed by atoms with E-state index >= 15 is 0 Å². The molecule has 0 saturated heterocycles. The number of hydrogen-bond donors (Lipinski definition) is 1. The summed E-state index contributed by atoms with van der Waals surface area (Å²) in [7, 11) is 0. The number of ether oxygens (including phenoxy) is 1. The van der Waals surface area contributed by atoms with Crippen molar-refractivity contribution >= 4 is 28.8 Å². The van der Waals surface area contributed by atoms with Crippen LogP contribution in [0.25, 0.3) is 0 Å². The second kappa shape index (κ2) is 8.23. The van der Waals surface area contributed by atoms with E-state index in [4.69, 9.17) is 4.74 Å². The summed E-state index contributed by atoms with van der Waals surface area (Å²) < 4.78 is 5.77. The molecule has 6 heteroatoms. The molecule has 1 atom stereocenters. The molecular weight excluding hydrogens is 360 g/mol. The zero-order valence-corrected chi connectivity index (χ0v) is 16.1. The minimum atomic E-state index is -0.128. The van der Waals surface area contributed by atoms with Crippen LogP contribution in [0.1, 0.15) is 41.4 Å². The minimum Gasteiger partial charge on any atom is -0.372 e. The van der Waals surface area contributed by atoms with Crippen molar-refractivity contribution < 1.29 is 14.3 Å². The average Bonchev–Trinajstić information content (AvgIpc) is 3.32. The van der Waals surface area contributed by atoms with Crippen LogP contribution in [-0.4, -0.2) is 31.5 Å². The zero-order chi connectivity index (χ0) is 18.6. The van der Waals surface area contributed by atoms with E-state index in [1.54, 1.807) is 11.3 Å². The molecule has 1 N–H and O–H groups in total. The fourth-order valence-electron chi connectivity index (χ4n) is 3.82. The number of para-hydroxylation sites is 1. The zero-order valence-electron chi connectivity index (χ0n) is 15.3. The quantitative estimate of drug-likeness (QED) is 0.778. The van der Waals surface area contributed by atoms with Crippen LogP contribution in [-0.2, 0) is 27.2 Å². The van der Waals surface area contributed by atoms with Gasteiger partial charge in [-0.15, -0.1) is 11.3 Å². The summed E-state index contributed by atoms with van der Waals surface area (Å²) in [5.74, 6) is 0.119. The highest BCUT2D eigenvalue weighted by atomic mass is 32.1. The van der Waals surface area contributed by atoms with Crippen molar-refractivity contribution in [2.75, 3.05) is 24.6 Å². The highest BCUT2D eigenvalue weighted by Gasteiger charge is 2.25. The predicted molar refractivity (Wildman–Crippen MR) is 106 cm³/mol. The van der Waals surface area contributed by atoms with Gasteiger partial charge in [-0.2, -0.15) is 0 Å². The Hall–Kier alpha value is -2.18. The summed E-state index contributed by atoms with van der Waals surface area (Å²) >= 11 is 1.66. The van der Waals surface area contributed by atoms with Gasteiger partial charge in [0.2, 0.25) is 11.8 Å². The maximum atomic E-state index is 12.5. The summed E-state index contributed by atoms with van der Waals surface area (Å²) in [4.78, 5) is 27.7. The molecule has 1 aromatic heterocycles. The van der Waals surface area contributed by atoms with Crippen molar-refractivity contribution in [3.05, 3.63) is 51.7 Å². The maximum absolute atomic E-state index is 12.5. The number of rotatable bonds is 6. The number of nitrogens with one attached hydrogen (secondary N) is 1. The topological polar surface area (TPSA) is 58.6 Å². The lowest BCUT2D eigenvalue weighted by Gasteiger charge is -2.22. The Labute approximate surface area is 163 Å². The molecule has 2 amide bonds. The van der Waals surface area contributed by atoms with E-state index in [2.05, 4.69) is 22.8 Å². The number of hydrogen-bond acceptors (Lipinski definition) is 4. The average molecular weight is 385 g/mol. The van der Waals surface area contributed by atoms with Crippen LogP contribution in [0.2, 0.25) is 0 Å². The predicted octanol–water partition coefficient (Wildman–Crippen LogP) is 3.24. The molecule has 27 heavy (non-hydrogen) atoms. The minimum absolute atomic E-state index is 0.0137. The van der Waals surface area contributed by atoms with Crippen molar-refractivity contribution in [2.45, 2.75) is 38.2 Å². The van der Waals surface area contributed by atoms with E-state index in [1.807, 2.05) is 23.1 Å². The molecule has 5 nitrogen and oxygen atoms in total. The second-order valence-corrected chi connectivity index (χ2v) is 7.95. The number of thiophene rings is 1. The van der Waals surface area contributed by atoms with Gasteiger partial charge >= 0.3 is 0 Å². The van der Waals surface area contributed by atoms with Crippen molar-refractivity contribution in [1.82, 2.24) is 5.32 Å². The first-order chi connectivity index (χ1) is 13.2. The van der Waals surface area contributed by atoms with Crippen LogP contribution >= 0.6 is 11.3 Å². The van der Waals surface area contributed by atoms with Crippen molar-refractivity contribution in [3.8, 4) is 0 Å². The van der Waals surface area contributed by atoms with Gasteiger partial charge in [0.25, 0.3) is 0 Å². The summed E-state index contributed by atoms with van der Waals surface area (Å²) in [6.45, 7) is 1.95. The summed E-state index contributed by atoms with van der Waals surface area (Å²) in [6, 6.07) is 10.2. The molecule has 0 saturated carbocycles. The molecule has 0 aliphatic carbocycles. The normalized spacial score (nSPS) is 18.1. The molecule has 0 spiro atoms. The third kappa shape index (κ3) is 4.06. The lowest BCUT2D eigenvalue weighted by atomic mass is 10.1. The number of anilines is 1. The number of fused-ring (bicyclic) bond motifs is 2. The summed E-state index contributed by atoms with van der Waals surface area (Å²) in [5, 5.41) is 4.99. The van der Waals surface area contributed by atoms with Crippen LogP contribution in [0, 0.1) is 0 Å². The fourth-order valence-corrected chi connectivity index (χ4v) is 4.82. The number of amides is 2. The first-order valence-electron chi connectivity index (χ1n) is 9.55. The first-order valence-corrected chi connectivity index (χ1v) is 10.4. The number of nitrogens with zero attached hydrogens (tertiary/aromatic N) is 1. The monoisotopic (exact) mass is 384 g/mol. The molecule has 3 heterocycles. The Bertz CT molecular complexity index is 832. The van der Waals surface area contributed by atoms with Gasteiger partial charge in [-0.25, -0.2) is 0 Å². The molecule has 4 rings (SSSR count). The van der Waals surface area contributed by atoms with E-state index in [9.17, 15) is 9.59 Å². The van der Waals surface area contributed by atoms with Crippen LogP contribution in [0.4, 0.5) is 5.69 Å². The summed E-state index contributed by atoms with van der Waals surface area (Å²) in [6.07, 6.45) is 3.17. The fraction of sp³-hybridized carbons (Fsp3) is 0.429. The van der Waals surface area contributed by atoms with Crippen LogP contribution < -0.4 is 10.2 Å². The van der Waals surface area contributed by atoms with Gasteiger partial charge in [0.05, 0.1) is 13.0 Å². The smallest absolute Gasteiger partial charge is 0.227 e. The third-order valence-electron chi connectivity index (χ3n) is 5.21. The maximum Gasteiger partial charge on any atom is 0.227 e. The van der Waals surface area contributed by atoms with Crippen LogP contribution in [0.5, 0.6) is 0 Å². The Morgan fingerprint density at radius 2 is 2.07 bits per heavy atom. The SMILES string of the molecule is O=C(CC1OCCc2ccsc21)NCCCC(=O)N1CCc2ccccc21.